The molecule has 0 spiro atoms. The number of amides is 1. The van der Waals surface area contributed by atoms with Crippen molar-refractivity contribution in [3.63, 3.8) is 0 Å². The summed E-state index contributed by atoms with van der Waals surface area (Å²) in [5.74, 6) is 0.0617. The minimum atomic E-state index is 0. The highest BCUT2D eigenvalue weighted by Gasteiger charge is 2.31. The van der Waals surface area contributed by atoms with Crippen LogP contribution in [-0.4, -0.2) is 60.1 Å². The van der Waals surface area contributed by atoms with Crippen LogP contribution in [0.15, 0.2) is 15.6 Å². The van der Waals surface area contributed by atoms with Gasteiger partial charge in [0.1, 0.15) is 0 Å². The number of carbonyl (C=O) groups is 1. The van der Waals surface area contributed by atoms with Crippen LogP contribution < -0.4 is 5.32 Å². The van der Waals surface area contributed by atoms with Crippen molar-refractivity contribution in [2.75, 3.05) is 39.3 Å². The molecule has 1 saturated heterocycles. The number of amidine groups is 1. The molecule has 5 nitrogen and oxygen atoms in total. The van der Waals surface area contributed by atoms with Crippen molar-refractivity contribution in [2.24, 2.45) is 4.99 Å². The number of hydrogen-bond donors (Lipinski definition) is 1. The molecule has 0 unspecified atom stereocenters. The molecule has 0 radical (unpaired) electrons. The molecule has 1 fully saturated rings. The highest BCUT2D eigenvalue weighted by atomic mass is 35.5. The number of halogens is 2. The lowest BCUT2D eigenvalue weighted by molar-refractivity contribution is -0.116. The third-order valence-electron chi connectivity index (χ3n) is 4.31. The third-order valence-corrected chi connectivity index (χ3v) is 5.53. The van der Waals surface area contributed by atoms with E-state index in [0.717, 1.165) is 48.4 Å². The fraction of sp³-hybridized carbons (Fsp3) is 0.733. The van der Waals surface area contributed by atoms with Crippen LogP contribution in [0, 0.1) is 0 Å². The summed E-state index contributed by atoms with van der Waals surface area (Å²) in [7, 11) is 0. The van der Waals surface area contributed by atoms with Gasteiger partial charge in [-0.25, -0.2) is 0 Å². The first kappa shape index (κ1) is 20.6. The number of nitrogens with one attached hydrogen (secondary N) is 1. The van der Waals surface area contributed by atoms with Gasteiger partial charge in [-0.05, 0) is 51.0 Å². The number of hydrogen-bond acceptors (Lipinski definition) is 5. The quantitative estimate of drug-likeness (QED) is 0.813. The molecular weight excluding hydrogens is 355 g/mol. The van der Waals surface area contributed by atoms with E-state index in [9.17, 15) is 4.79 Å². The summed E-state index contributed by atoms with van der Waals surface area (Å²) in [5, 5.41) is 4.07. The van der Waals surface area contributed by atoms with Crippen molar-refractivity contribution in [2.45, 2.75) is 32.6 Å². The molecule has 23 heavy (non-hydrogen) atoms. The van der Waals surface area contributed by atoms with Crippen molar-refractivity contribution < 1.29 is 4.79 Å². The zero-order chi connectivity index (χ0) is 14.7. The fourth-order valence-corrected chi connectivity index (χ4v) is 4.17. The summed E-state index contributed by atoms with van der Waals surface area (Å²) >= 11 is 1.53. The first-order chi connectivity index (χ1) is 10.3. The molecule has 0 saturated carbocycles. The van der Waals surface area contributed by atoms with Gasteiger partial charge < -0.3 is 15.1 Å². The molecule has 0 atom stereocenters. The Hall–Kier alpha value is -0.430. The van der Waals surface area contributed by atoms with E-state index in [2.05, 4.69) is 20.1 Å². The average Bonchev–Trinajstić information content (AvgIpc) is 2.86. The molecule has 3 heterocycles. The van der Waals surface area contributed by atoms with Gasteiger partial charge in [0.05, 0.1) is 4.91 Å². The number of nitrogens with zero attached hydrogens (tertiary/aromatic N) is 3. The van der Waals surface area contributed by atoms with Crippen molar-refractivity contribution in [3.05, 3.63) is 10.6 Å². The predicted octanol–water partition coefficient (Wildman–Crippen LogP) is 2.47. The van der Waals surface area contributed by atoms with Crippen LogP contribution in [0.5, 0.6) is 0 Å². The van der Waals surface area contributed by atoms with E-state index < -0.39 is 0 Å². The topological polar surface area (TPSA) is 47.9 Å². The number of allylic oxidation sites excluding steroid dienone is 1. The Morgan fingerprint density at radius 1 is 1.17 bits per heavy atom. The molecule has 0 aromatic carbocycles. The number of aliphatic imine (C=N–C) groups is 1. The van der Waals surface area contributed by atoms with Gasteiger partial charge in [-0.1, -0.05) is 6.42 Å². The Balaban J connectivity index is 0.00000132. The average molecular weight is 381 g/mol. The molecule has 132 valence electrons. The first-order valence-electron chi connectivity index (χ1n) is 7.97. The van der Waals surface area contributed by atoms with Crippen molar-refractivity contribution >= 4 is 47.7 Å². The SMILES string of the molecule is CC1=C(C(=O)NCCN2CCCCC2)SC2=NCCCN21.Cl.Cl. The van der Waals surface area contributed by atoms with E-state index in [1.54, 1.807) is 0 Å². The molecule has 0 bridgehead atoms. The number of thioether (sulfide) groups is 1. The maximum atomic E-state index is 12.4. The number of fused-ring (bicyclic) bond motifs is 1. The van der Waals surface area contributed by atoms with Crippen LogP contribution in [0.25, 0.3) is 0 Å². The molecule has 1 N–H and O–H groups in total. The zero-order valence-electron chi connectivity index (χ0n) is 13.5. The minimum absolute atomic E-state index is 0. The smallest absolute Gasteiger partial charge is 0.259 e. The van der Waals surface area contributed by atoms with Crippen LogP contribution in [-0.2, 0) is 4.79 Å². The minimum Gasteiger partial charge on any atom is -0.350 e. The second-order valence-electron chi connectivity index (χ2n) is 5.84. The van der Waals surface area contributed by atoms with Crippen LogP contribution in [0.4, 0.5) is 0 Å². The van der Waals surface area contributed by atoms with Crippen LogP contribution in [0.2, 0.25) is 0 Å². The largest absolute Gasteiger partial charge is 0.350 e. The normalized spacial score (nSPS) is 21.1. The lowest BCUT2D eigenvalue weighted by atomic mass is 10.1. The van der Waals surface area contributed by atoms with Gasteiger partial charge in [-0.2, -0.15) is 0 Å². The van der Waals surface area contributed by atoms with Crippen molar-refractivity contribution in [1.29, 1.82) is 0 Å². The Morgan fingerprint density at radius 3 is 2.61 bits per heavy atom. The maximum absolute atomic E-state index is 12.4. The van der Waals surface area contributed by atoms with Gasteiger partial charge in [0.15, 0.2) is 5.17 Å². The van der Waals surface area contributed by atoms with Gasteiger partial charge in [-0.3, -0.25) is 9.79 Å². The zero-order valence-corrected chi connectivity index (χ0v) is 16.0. The third kappa shape index (κ3) is 5.02. The molecule has 1 amide bonds. The summed E-state index contributed by atoms with van der Waals surface area (Å²) in [6.07, 6.45) is 5.01. The molecule has 0 aromatic rings. The van der Waals surface area contributed by atoms with Gasteiger partial charge in [0.25, 0.3) is 5.91 Å². The van der Waals surface area contributed by atoms with E-state index in [1.165, 1.54) is 44.1 Å². The summed E-state index contributed by atoms with van der Waals surface area (Å²) in [4.78, 5) is 22.3. The molecule has 3 aliphatic rings. The molecule has 3 aliphatic heterocycles. The van der Waals surface area contributed by atoms with Crippen molar-refractivity contribution in [1.82, 2.24) is 15.1 Å². The van der Waals surface area contributed by atoms with E-state index in [0.29, 0.717) is 0 Å². The molecule has 0 aromatic heterocycles. The highest BCUT2D eigenvalue weighted by molar-refractivity contribution is 8.18. The van der Waals surface area contributed by atoms with Gasteiger partial charge in [-0.15, -0.1) is 24.8 Å². The number of carbonyl (C=O) groups excluding carboxylic acids is 1. The number of likely N-dealkylation sites (tertiary alicyclic amines) is 1. The second kappa shape index (κ2) is 9.77. The Labute approximate surface area is 155 Å². The number of rotatable bonds is 4. The lowest BCUT2D eigenvalue weighted by Gasteiger charge is -2.26. The van der Waals surface area contributed by atoms with Gasteiger partial charge >= 0.3 is 0 Å². The standard InChI is InChI=1S/C15H24N4OS.2ClH/c1-12-13(21-15-17-6-5-10-19(12)15)14(20)16-7-11-18-8-3-2-4-9-18;;/h2-11H2,1H3,(H,16,20);2*1H. The second-order valence-corrected chi connectivity index (χ2v) is 6.82. The summed E-state index contributed by atoms with van der Waals surface area (Å²) < 4.78 is 0. The summed E-state index contributed by atoms with van der Waals surface area (Å²) in [6, 6.07) is 0. The monoisotopic (exact) mass is 380 g/mol. The highest BCUT2D eigenvalue weighted by Crippen LogP contribution is 2.35. The lowest BCUT2D eigenvalue weighted by Crippen LogP contribution is -2.37. The van der Waals surface area contributed by atoms with Crippen LogP contribution >= 0.6 is 36.6 Å². The van der Waals surface area contributed by atoms with Gasteiger partial charge in [0.2, 0.25) is 0 Å². The van der Waals surface area contributed by atoms with Crippen LogP contribution in [0.3, 0.4) is 0 Å². The fourth-order valence-electron chi connectivity index (χ4n) is 3.07. The molecule has 8 heteroatoms. The Kier molecular flexibility index (Phi) is 8.75. The first-order valence-corrected chi connectivity index (χ1v) is 8.78. The Morgan fingerprint density at radius 2 is 1.91 bits per heavy atom. The predicted molar refractivity (Wildman–Crippen MR) is 102 cm³/mol. The van der Waals surface area contributed by atoms with E-state index in [4.69, 9.17) is 0 Å². The van der Waals surface area contributed by atoms with E-state index in [1.807, 2.05) is 6.92 Å². The van der Waals surface area contributed by atoms with Crippen molar-refractivity contribution in [3.8, 4) is 0 Å². The van der Waals surface area contributed by atoms with Gasteiger partial charge in [0, 0.05) is 31.9 Å². The summed E-state index contributed by atoms with van der Waals surface area (Å²) in [6.45, 7) is 7.96. The molecule has 3 rings (SSSR count). The molecular formula is C15H26Cl2N4OS. The van der Waals surface area contributed by atoms with Crippen LogP contribution in [0.1, 0.15) is 32.6 Å². The van der Waals surface area contributed by atoms with E-state index in [-0.39, 0.29) is 30.7 Å². The number of piperidine rings is 1. The molecule has 0 aliphatic carbocycles. The van der Waals surface area contributed by atoms with E-state index >= 15 is 0 Å². The Bertz CT molecular complexity index is 478. The summed E-state index contributed by atoms with van der Waals surface area (Å²) in [5.41, 5.74) is 1.06. The maximum Gasteiger partial charge on any atom is 0.259 e.